The summed E-state index contributed by atoms with van der Waals surface area (Å²) in [5.41, 5.74) is 10.6. The first-order valence-corrected chi connectivity index (χ1v) is 7.74. The van der Waals surface area contributed by atoms with E-state index in [0.29, 0.717) is 0 Å². The third-order valence-electron chi connectivity index (χ3n) is 4.04. The summed E-state index contributed by atoms with van der Waals surface area (Å²) in [7, 11) is 1.67. The SMILES string of the molecule is COc1cccc(-n2c(-c3ccc(N)cc3)nc3ccccc32)c1. The van der Waals surface area contributed by atoms with E-state index in [1.807, 2.05) is 60.7 Å². The molecule has 118 valence electrons. The number of fused-ring (bicyclic) bond motifs is 1. The van der Waals surface area contributed by atoms with Crippen molar-refractivity contribution in [1.29, 1.82) is 0 Å². The Bertz CT molecular complexity index is 1000. The highest BCUT2D eigenvalue weighted by Gasteiger charge is 2.14. The number of aromatic nitrogens is 2. The van der Waals surface area contributed by atoms with Gasteiger partial charge in [0.1, 0.15) is 11.6 Å². The average Bonchev–Trinajstić information content (AvgIpc) is 3.02. The van der Waals surface area contributed by atoms with Gasteiger partial charge in [-0.05, 0) is 48.5 Å². The van der Waals surface area contributed by atoms with Gasteiger partial charge in [0.25, 0.3) is 0 Å². The lowest BCUT2D eigenvalue weighted by molar-refractivity contribution is 0.414. The number of para-hydroxylation sites is 2. The minimum absolute atomic E-state index is 0.739. The van der Waals surface area contributed by atoms with Crippen molar-refractivity contribution in [2.75, 3.05) is 12.8 Å². The summed E-state index contributed by atoms with van der Waals surface area (Å²) in [6.45, 7) is 0. The number of methoxy groups -OCH3 is 1. The molecule has 0 amide bonds. The standard InChI is InChI=1S/C20H17N3O/c1-24-17-6-4-5-16(13-17)23-19-8-3-2-7-18(19)22-20(23)14-9-11-15(21)12-10-14/h2-13H,21H2,1H3. The highest BCUT2D eigenvalue weighted by atomic mass is 16.5. The largest absolute Gasteiger partial charge is 0.497 e. The Kier molecular flexibility index (Phi) is 3.43. The molecule has 4 aromatic rings. The predicted octanol–water partition coefficient (Wildman–Crippen LogP) is 4.28. The number of rotatable bonds is 3. The molecular weight excluding hydrogens is 298 g/mol. The summed E-state index contributed by atoms with van der Waals surface area (Å²) in [6, 6.07) is 23.9. The van der Waals surface area contributed by atoms with E-state index in [1.54, 1.807) is 7.11 Å². The Labute approximate surface area is 140 Å². The van der Waals surface area contributed by atoms with Gasteiger partial charge in [-0.15, -0.1) is 0 Å². The Morgan fingerprint density at radius 2 is 1.71 bits per heavy atom. The number of nitrogens with zero attached hydrogens (tertiary/aromatic N) is 2. The van der Waals surface area contributed by atoms with Gasteiger partial charge < -0.3 is 10.5 Å². The van der Waals surface area contributed by atoms with E-state index in [9.17, 15) is 0 Å². The molecule has 4 nitrogen and oxygen atoms in total. The number of nitrogens with two attached hydrogens (primary N) is 1. The lowest BCUT2D eigenvalue weighted by Gasteiger charge is -2.11. The molecule has 4 rings (SSSR count). The molecule has 0 aliphatic rings. The van der Waals surface area contributed by atoms with Crippen LogP contribution in [0.25, 0.3) is 28.1 Å². The minimum Gasteiger partial charge on any atom is -0.497 e. The quantitative estimate of drug-likeness (QED) is 0.574. The highest BCUT2D eigenvalue weighted by Crippen LogP contribution is 2.30. The van der Waals surface area contributed by atoms with E-state index in [1.165, 1.54) is 0 Å². The molecule has 0 saturated carbocycles. The molecule has 0 atom stereocenters. The third-order valence-corrected chi connectivity index (χ3v) is 4.04. The minimum atomic E-state index is 0.739. The number of hydrogen-bond donors (Lipinski definition) is 1. The van der Waals surface area contributed by atoms with Gasteiger partial charge in [-0.3, -0.25) is 4.57 Å². The van der Waals surface area contributed by atoms with Crippen LogP contribution in [0.5, 0.6) is 5.75 Å². The highest BCUT2D eigenvalue weighted by molar-refractivity contribution is 5.83. The van der Waals surface area contributed by atoms with Gasteiger partial charge in [0.2, 0.25) is 0 Å². The molecule has 0 radical (unpaired) electrons. The van der Waals surface area contributed by atoms with Crippen molar-refractivity contribution in [3.05, 3.63) is 72.8 Å². The summed E-state index contributed by atoms with van der Waals surface area (Å²) >= 11 is 0. The van der Waals surface area contributed by atoms with Gasteiger partial charge in [-0.1, -0.05) is 18.2 Å². The molecule has 1 aromatic heterocycles. The maximum Gasteiger partial charge on any atom is 0.145 e. The molecule has 0 unspecified atom stereocenters. The summed E-state index contributed by atoms with van der Waals surface area (Å²) in [5, 5.41) is 0. The summed E-state index contributed by atoms with van der Waals surface area (Å²) in [6.07, 6.45) is 0. The third kappa shape index (κ3) is 2.38. The number of nitrogen functional groups attached to an aromatic ring is 1. The summed E-state index contributed by atoms with van der Waals surface area (Å²) in [5.74, 6) is 1.69. The van der Waals surface area contributed by atoms with Crippen molar-refractivity contribution in [3.63, 3.8) is 0 Å². The molecule has 1 heterocycles. The van der Waals surface area contributed by atoms with Gasteiger partial charge >= 0.3 is 0 Å². The average molecular weight is 315 g/mol. The van der Waals surface area contributed by atoms with Crippen LogP contribution in [0.4, 0.5) is 5.69 Å². The second-order valence-corrected chi connectivity index (χ2v) is 5.58. The molecular formula is C20H17N3O. The van der Waals surface area contributed by atoms with E-state index >= 15 is 0 Å². The number of anilines is 1. The van der Waals surface area contributed by atoms with Crippen molar-refractivity contribution in [2.45, 2.75) is 0 Å². The van der Waals surface area contributed by atoms with Crippen molar-refractivity contribution in [1.82, 2.24) is 9.55 Å². The van der Waals surface area contributed by atoms with Crippen LogP contribution in [0.1, 0.15) is 0 Å². The van der Waals surface area contributed by atoms with Crippen LogP contribution >= 0.6 is 0 Å². The zero-order valence-corrected chi connectivity index (χ0v) is 13.3. The first-order chi connectivity index (χ1) is 11.8. The van der Waals surface area contributed by atoms with E-state index in [2.05, 4.69) is 16.7 Å². The molecule has 0 saturated heterocycles. The molecule has 4 heteroatoms. The van der Waals surface area contributed by atoms with E-state index in [-0.39, 0.29) is 0 Å². The molecule has 3 aromatic carbocycles. The molecule has 0 bridgehead atoms. The topological polar surface area (TPSA) is 53.1 Å². The normalized spacial score (nSPS) is 10.9. The van der Waals surface area contributed by atoms with Crippen LogP contribution in [0, 0.1) is 0 Å². The fourth-order valence-corrected chi connectivity index (χ4v) is 2.86. The van der Waals surface area contributed by atoms with Crippen LogP contribution in [0.15, 0.2) is 72.8 Å². The first-order valence-electron chi connectivity index (χ1n) is 7.74. The summed E-state index contributed by atoms with van der Waals surface area (Å²) < 4.78 is 7.52. The Hall–Kier alpha value is -3.27. The van der Waals surface area contributed by atoms with Gasteiger partial charge in [-0.25, -0.2) is 4.98 Å². The Morgan fingerprint density at radius 1 is 0.917 bits per heavy atom. The maximum atomic E-state index is 5.82. The molecule has 0 aliphatic heterocycles. The van der Waals surface area contributed by atoms with Crippen molar-refractivity contribution < 1.29 is 4.74 Å². The Balaban J connectivity index is 2.01. The molecule has 0 spiro atoms. The summed E-state index contributed by atoms with van der Waals surface area (Å²) in [4.78, 5) is 4.83. The van der Waals surface area contributed by atoms with Crippen molar-refractivity contribution >= 4 is 16.7 Å². The molecule has 0 fully saturated rings. The van der Waals surface area contributed by atoms with Crippen LogP contribution in [-0.2, 0) is 0 Å². The van der Waals surface area contributed by atoms with Crippen LogP contribution in [0.2, 0.25) is 0 Å². The van der Waals surface area contributed by atoms with Crippen molar-refractivity contribution in [2.24, 2.45) is 0 Å². The van der Waals surface area contributed by atoms with Crippen LogP contribution < -0.4 is 10.5 Å². The van der Waals surface area contributed by atoms with Crippen LogP contribution in [-0.4, -0.2) is 16.7 Å². The van der Waals surface area contributed by atoms with Gasteiger partial charge in [0.15, 0.2) is 0 Å². The lowest BCUT2D eigenvalue weighted by atomic mass is 10.2. The molecule has 0 aliphatic carbocycles. The Morgan fingerprint density at radius 3 is 2.50 bits per heavy atom. The zero-order valence-electron chi connectivity index (χ0n) is 13.3. The lowest BCUT2D eigenvalue weighted by Crippen LogP contribution is -1.98. The maximum absolute atomic E-state index is 5.82. The van der Waals surface area contributed by atoms with Gasteiger partial charge in [0.05, 0.1) is 23.8 Å². The molecule has 24 heavy (non-hydrogen) atoms. The fourth-order valence-electron chi connectivity index (χ4n) is 2.86. The fraction of sp³-hybridized carbons (Fsp3) is 0.0500. The monoisotopic (exact) mass is 315 g/mol. The molecule has 2 N–H and O–H groups in total. The zero-order chi connectivity index (χ0) is 16.5. The van der Waals surface area contributed by atoms with Gasteiger partial charge in [-0.2, -0.15) is 0 Å². The van der Waals surface area contributed by atoms with Gasteiger partial charge in [0, 0.05) is 17.3 Å². The van der Waals surface area contributed by atoms with Crippen LogP contribution in [0.3, 0.4) is 0 Å². The van der Waals surface area contributed by atoms with Crippen molar-refractivity contribution in [3.8, 4) is 22.8 Å². The number of hydrogen-bond acceptors (Lipinski definition) is 3. The number of benzene rings is 3. The number of imidazole rings is 1. The smallest absolute Gasteiger partial charge is 0.145 e. The predicted molar refractivity (Wildman–Crippen MR) is 97.5 cm³/mol. The number of ether oxygens (including phenoxy) is 1. The van der Waals surface area contributed by atoms with E-state index < -0.39 is 0 Å². The second kappa shape index (κ2) is 5.74. The first kappa shape index (κ1) is 14.3. The second-order valence-electron chi connectivity index (χ2n) is 5.58. The van der Waals surface area contributed by atoms with E-state index in [0.717, 1.165) is 39.5 Å². The van der Waals surface area contributed by atoms with E-state index in [4.69, 9.17) is 15.5 Å².